The van der Waals surface area contributed by atoms with Crippen molar-refractivity contribution in [1.29, 1.82) is 0 Å². The second-order valence-corrected chi connectivity index (χ2v) is 6.76. The van der Waals surface area contributed by atoms with Gasteiger partial charge in [-0.15, -0.1) is 11.3 Å². The maximum Gasteiger partial charge on any atom is 0.00806 e. The zero-order valence-corrected chi connectivity index (χ0v) is 10.5. The molecule has 0 saturated heterocycles. The van der Waals surface area contributed by atoms with E-state index in [1.807, 2.05) is 11.3 Å². The highest BCUT2D eigenvalue weighted by atomic mass is 32.1. The van der Waals surface area contributed by atoms with Gasteiger partial charge in [0.2, 0.25) is 0 Å². The number of aryl methyl sites for hydroxylation is 1. The van der Waals surface area contributed by atoms with E-state index in [2.05, 4.69) is 33.8 Å². The summed E-state index contributed by atoms with van der Waals surface area (Å²) in [5.74, 6) is 0.703. The van der Waals surface area contributed by atoms with Crippen LogP contribution in [0.5, 0.6) is 0 Å². The average Bonchev–Trinajstić information content (AvgIpc) is 2.45. The lowest BCUT2D eigenvalue weighted by atomic mass is 9.77. The van der Waals surface area contributed by atoms with E-state index in [1.54, 1.807) is 15.3 Å². The maximum atomic E-state index is 2.45. The maximum absolute atomic E-state index is 2.45. The standard InChI is InChI=1S/C13H20S/c1-9(2)12-7-10-8-13(3,4)6-5-11(10)14-12/h7,9H,5-6,8H2,1-4H3. The van der Waals surface area contributed by atoms with Gasteiger partial charge in [0.1, 0.15) is 0 Å². The molecule has 0 nitrogen and oxygen atoms in total. The summed E-state index contributed by atoms with van der Waals surface area (Å²) in [6.45, 7) is 9.37. The molecule has 1 aliphatic rings. The van der Waals surface area contributed by atoms with Gasteiger partial charge in [-0.3, -0.25) is 0 Å². The first-order chi connectivity index (χ1) is 6.48. The minimum Gasteiger partial charge on any atom is -0.145 e. The molecule has 1 aromatic heterocycles. The van der Waals surface area contributed by atoms with Gasteiger partial charge < -0.3 is 0 Å². The molecule has 1 aliphatic carbocycles. The van der Waals surface area contributed by atoms with Crippen LogP contribution in [0.1, 0.15) is 55.4 Å². The van der Waals surface area contributed by atoms with Gasteiger partial charge in [-0.05, 0) is 42.2 Å². The van der Waals surface area contributed by atoms with Crippen LogP contribution in [0.15, 0.2) is 6.07 Å². The summed E-state index contributed by atoms with van der Waals surface area (Å²) in [6.07, 6.45) is 3.95. The zero-order valence-electron chi connectivity index (χ0n) is 9.68. The van der Waals surface area contributed by atoms with Crippen molar-refractivity contribution in [3.63, 3.8) is 0 Å². The van der Waals surface area contributed by atoms with Crippen molar-refractivity contribution < 1.29 is 0 Å². The molecule has 0 spiro atoms. The molecule has 0 bridgehead atoms. The molecule has 78 valence electrons. The van der Waals surface area contributed by atoms with Crippen molar-refractivity contribution >= 4 is 11.3 Å². The van der Waals surface area contributed by atoms with Crippen molar-refractivity contribution in [2.24, 2.45) is 5.41 Å². The molecule has 0 unspecified atom stereocenters. The number of thiophene rings is 1. The second kappa shape index (κ2) is 3.37. The first-order valence-electron chi connectivity index (χ1n) is 5.59. The molecule has 0 saturated carbocycles. The van der Waals surface area contributed by atoms with Gasteiger partial charge in [-0.25, -0.2) is 0 Å². The fourth-order valence-corrected chi connectivity index (χ4v) is 3.38. The number of hydrogen-bond donors (Lipinski definition) is 0. The third-order valence-electron chi connectivity index (χ3n) is 3.18. The predicted molar refractivity (Wildman–Crippen MR) is 64.2 cm³/mol. The summed E-state index contributed by atoms with van der Waals surface area (Å²) < 4.78 is 0. The van der Waals surface area contributed by atoms with E-state index in [0.29, 0.717) is 11.3 Å². The Bertz CT molecular complexity index is 331. The van der Waals surface area contributed by atoms with Gasteiger partial charge in [-0.1, -0.05) is 27.7 Å². The monoisotopic (exact) mass is 208 g/mol. The highest BCUT2D eigenvalue weighted by Crippen LogP contribution is 2.40. The van der Waals surface area contributed by atoms with E-state index in [9.17, 15) is 0 Å². The molecule has 0 aliphatic heterocycles. The van der Waals surface area contributed by atoms with Crippen molar-refractivity contribution in [2.75, 3.05) is 0 Å². The molecule has 0 atom stereocenters. The van der Waals surface area contributed by atoms with Crippen LogP contribution in [0.2, 0.25) is 0 Å². The third kappa shape index (κ3) is 1.88. The molecular weight excluding hydrogens is 188 g/mol. The van der Waals surface area contributed by atoms with Crippen LogP contribution in [0.3, 0.4) is 0 Å². The molecule has 0 N–H and O–H groups in total. The summed E-state index contributed by atoms with van der Waals surface area (Å²) in [5.41, 5.74) is 2.16. The van der Waals surface area contributed by atoms with Gasteiger partial charge in [-0.2, -0.15) is 0 Å². The summed E-state index contributed by atoms with van der Waals surface area (Å²) >= 11 is 2.04. The molecule has 1 heteroatoms. The fraction of sp³-hybridized carbons (Fsp3) is 0.692. The molecule has 0 amide bonds. The van der Waals surface area contributed by atoms with E-state index >= 15 is 0 Å². The van der Waals surface area contributed by atoms with E-state index in [1.165, 1.54) is 19.3 Å². The zero-order chi connectivity index (χ0) is 10.3. The van der Waals surface area contributed by atoms with Crippen LogP contribution in [0.25, 0.3) is 0 Å². The number of rotatable bonds is 1. The Labute approximate surface area is 91.4 Å². The van der Waals surface area contributed by atoms with E-state index in [0.717, 1.165) is 0 Å². The molecule has 0 fully saturated rings. The van der Waals surface area contributed by atoms with Gasteiger partial charge in [0.05, 0.1) is 0 Å². The Balaban J connectivity index is 2.30. The van der Waals surface area contributed by atoms with E-state index in [4.69, 9.17) is 0 Å². The lowest BCUT2D eigenvalue weighted by molar-refractivity contribution is 0.318. The lowest BCUT2D eigenvalue weighted by Gasteiger charge is -2.29. The fourth-order valence-electron chi connectivity index (χ4n) is 2.19. The van der Waals surface area contributed by atoms with Gasteiger partial charge >= 0.3 is 0 Å². The van der Waals surface area contributed by atoms with E-state index < -0.39 is 0 Å². The Morgan fingerprint density at radius 1 is 1.36 bits per heavy atom. The molecule has 2 rings (SSSR count). The molecule has 1 heterocycles. The average molecular weight is 208 g/mol. The first-order valence-corrected chi connectivity index (χ1v) is 6.41. The summed E-state index contributed by atoms with van der Waals surface area (Å²) in [5, 5.41) is 0. The highest BCUT2D eigenvalue weighted by molar-refractivity contribution is 7.12. The SMILES string of the molecule is CC(C)c1cc2c(s1)CCC(C)(C)C2. The smallest absolute Gasteiger partial charge is 0.00806 e. The minimum absolute atomic E-state index is 0.530. The van der Waals surface area contributed by atoms with E-state index in [-0.39, 0.29) is 0 Å². The second-order valence-electron chi connectivity index (χ2n) is 5.59. The molecule has 14 heavy (non-hydrogen) atoms. The Kier molecular flexibility index (Phi) is 2.46. The van der Waals surface area contributed by atoms with Crippen LogP contribution in [0, 0.1) is 5.41 Å². The highest BCUT2D eigenvalue weighted by Gasteiger charge is 2.26. The number of hydrogen-bond acceptors (Lipinski definition) is 1. The van der Waals surface area contributed by atoms with Crippen LogP contribution in [-0.2, 0) is 12.8 Å². The van der Waals surface area contributed by atoms with Crippen LogP contribution < -0.4 is 0 Å². The number of fused-ring (bicyclic) bond motifs is 1. The molecule has 0 aromatic carbocycles. The summed E-state index contributed by atoms with van der Waals surface area (Å²) in [7, 11) is 0. The van der Waals surface area contributed by atoms with Crippen LogP contribution >= 0.6 is 11.3 Å². The van der Waals surface area contributed by atoms with Gasteiger partial charge in [0.25, 0.3) is 0 Å². The quantitative estimate of drug-likeness (QED) is 0.642. The summed E-state index contributed by atoms with van der Waals surface area (Å²) in [4.78, 5) is 3.24. The van der Waals surface area contributed by atoms with Crippen molar-refractivity contribution in [2.45, 2.75) is 52.9 Å². The van der Waals surface area contributed by atoms with Gasteiger partial charge in [0, 0.05) is 9.75 Å². The normalized spacial score (nSPS) is 19.8. The van der Waals surface area contributed by atoms with Crippen molar-refractivity contribution in [3.05, 3.63) is 21.4 Å². The van der Waals surface area contributed by atoms with Crippen molar-refractivity contribution in [3.8, 4) is 0 Å². The van der Waals surface area contributed by atoms with Gasteiger partial charge in [0.15, 0.2) is 0 Å². The predicted octanol–water partition coefficient (Wildman–Crippen LogP) is 4.39. The lowest BCUT2D eigenvalue weighted by Crippen LogP contribution is -2.20. The molecule has 1 aromatic rings. The topological polar surface area (TPSA) is 0 Å². The molecule has 0 radical (unpaired) electrons. The van der Waals surface area contributed by atoms with Crippen LogP contribution in [-0.4, -0.2) is 0 Å². The summed E-state index contributed by atoms with van der Waals surface area (Å²) in [6, 6.07) is 2.45. The van der Waals surface area contributed by atoms with Crippen molar-refractivity contribution in [1.82, 2.24) is 0 Å². The third-order valence-corrected chi connectivity index (χ3v) is 4.72. The Morgan fingerprint density at radius 2 is 2.07 bits per heavy atom. The Hall–Kier alpha value is -0.300. The van der Waals surface area contributed by atoms with Crippen LogP contribution in [0.4, 0.5) is 0 Å². The first kappa shape index (κ1) is 10.2. The minimum atomic E-state index is 0.530. The molecular formula is C13H20S. The largest absolute Gasteiger partial charge is 0.145 e. The Morgan fingerprint density at radius 3 is 2.71 bits per heavy atom.